The fourth-order valence-corrected chi connectivity index (χ4v) is 4.02. The van der Waals surface area contributed by atoms with Crippen LogP contribution >= 0.6 is 0 Å². The van der Waals surface area contributed by atoms with E-state index in [0.717, 1.165) is 36.8 Å². The van der Waals surface area contributed by atoms with E-state index in [1.54, 1.807) is 0 Å². The Labute approximate surface area is 143 Å². The summed E-state index contributed by atoms with van der Waals surface area (Å²) in [5.41, 5.74) is 4.73. The molecule has 2 heterocycles. The van der Waals surface area contributed by atoms with Gasteiger partial charge in [-0.1, -0.05) is 36.4 Å². The highest BCUT2D eigenvalue weighted by atomic mass is 14.9. The van der Waals surface area contributed by atoms with Gasteiger partial charge in [0.1, 0.15) is 11.8 Å². The van der Waals surface area contributed by atoms with Crippen LogP contribution in [0.4, 0.5) is 0 Å². The fraction of sp³-hybridized carbons (Fsp3) is 0.250. The third-order valence-electron chi connectivity index (χ3n) is 5.40. The summed E-state index contributed by atoms with van der Waals surface area (Å²) in [4.78, 5) is 0. The summed E-state index contributed by atoms with van der Waals surface area (Å²) in [5, 5.41) is 14.0. The summed E-state index contributed by atoms with van der Waals surface area (Å²) in [7, 11) is 1.96. The minimum absolute atomic E-state index is 0.137. The molecule has 1 fully saturated rings. The number of rotatable bonds is 3. The van der Waals surface area contributed by atoms with Crippen LogP contribution in [0.2, 0.25) is 0 Å². The molecule has 24 heavy (non-hydrogen) atoms. The Bertz CT molecular complexity index is 915. The lowest BCUT2D eigenvalue weighted by atomic mass is 9.74. The van der Waals surface area contributed by atoms with Crippen molar-refractivity contribution in [2.24, 2.45) is 0 Å². The van der Waals surface area contributed by atoms with Crippen LogP contribution in [0.15, 0.2) is 54.6 Å². The van der Waals surface area contributed by atoms with Crippen molar-refractivity contribution < 1.29 is 0 Å². The van der Waals surface area contributed by atoms with Crippen LogP contribution in [0.1, 0.15) is 23.2 Å². The van der Waals surface area contributed by atoms with Crippen LogP contribution in [0, 0.1) is 11.3 Å². The molecule has 1 aliphatic heterocycles. The van der Waals surface area contributed by atoms with E-state index >= 15 is 0 Å². The summed E-state index contributed by atoms with van der Waals surface area (Å²) < 4.78 is 1.97. The van der Waals surface area contributed by atoms with E-state index in [2.05, 4.69) is 59.9 Å². The van der Waals surface area contributed by atoms with Gasteiger partial charge in [-0.25, -0.2) is 0 Å². The maximum Gasteiger partial charge on any atom is 0.224 e. The van der Waals surface area contributed by atoms with E-state index in [4.69, 9.17) is 0 Å². The zero-order valence-electron chi connectivity index (χ0n) is 13.9. The van der Waals surface area contributed by atoms with Gasteiger partial charge in [-0.15, -0.1) is 0 Å². The summed E-state index contributed by atoms with van der Waals surface area (Å²) >= 11 is 0. The number of nitrogens with zero attached hydrogens (tertiary/aromatic N) is 2. The van der Waals surface area contributed by atoms with E-state index < -0.39 is 0 Å². The molecular weight excluding hydrogens is 293 g/mol. The second-order valence-corrected chi connectivity index (χ2v) is 6.84. The molecule has 1 aromatic heterocycles. The fourth-order valence-electron chi connectivity index (χ4n) is 4.02. The zero-order valence-corrected chi connectivity index (χ0v) is 13.9. The molecule has 0 radical (unpaired) electrons. The van der Waals surface area contributed by atoms with E-state index in [-0.39, 0.29) is 5.41 Å². The lowest BCUT2D eigenvalue weighted by molar-refractivity contribution is 0.468. The minimum Gasteiger partial charge on any atom is -0.385 e. The van der Waals surface area contributed by atoms with Gasteiger partial charge < -0.3 is 9.79 Å². The van der Waals surface area contributed by atoms with E-state index in [1.165, 1.54) is 11.1 Å². The maximum atomic E-state index is 9.26. The largest absolute Gasteiger partial charge is 0.385 e. The van der Waals surface area contributed by atoms with Crippen molar-refractivity contribution in [3.8, 4) is 6.07 Å². The molecule has 3 nitrogen and oxygen atoms in total. The molecule has 1 unspecified atom stereocenters. The predicted molar refractivity (Wildman–Crippen MR) is 99.9 cm³/mol. The highest BCUT2D eigenvalue weighted by Crippen LogP contribution is 2.36. The molecule has 1 aliphatic rings. The molecule has 3 aromatic rings. The standard InChI is InChI=1S/C20H20BN3/c21-24-18(13-22)11-16-10-17(6-7-19(16)24)20(8-9-23-14-20)12-15-4-2-1-3-5-15/h1-7,10-11,23H,8-9,12,14,21H2. The Hall–Kier alpha value is -2.51. The van der Waals surface area contributed by atoms with Gasteiger partial charge in [0.25, 0.3) is 0 Å². The number of hydrogen-bond acceptors (Lipinski definition) is 2. The molecule has 0 saturated carbocycles. The topological polar surface area (TPSA) is 40.8 Å². The van der Waals surface area contributed by atoms with Gasteiger partial charge in [0.2, 0.25) is 7.98 Å². The van der Waals surface area contributed by atoms with Crippen LogP contribution in [-0.4, -0.2) is 25.5 Å². The monoisotopic (exact) mass is 313 g/mol. The summed E-state index contributed by atoms with van der Waals surface area (Å²) in [6.45, 7) is 2.06. The van der Waals surface area contributed by atoms with Gasteiger partial charge in [0.15, 0.2) is 0 Å². The highest BCUT2D eigenvalue weighted by molar-refractivity contribution is 6.12. The second kappa shape index (κ2) is 5.85. The molecule has 1 atom stereocenters. The Balaban J connectivity index is 1.79. The maximum absolute atomic E-state index is 9.26. The van der Waals surface area contributed by atoms with Gasteiger partial charge >= 0.3 is 0 Å². The number of hydrogen-bond donors (Lipinski definition) is 1. The minimum atomic E-state index is 0.137. The number of nitriles is 1. The number of nitrogens with one attached hydrogen (secondary N) is 1. The first-order valence-electron chi connectivity index (χ1n) is 8.47. The smallest absolute Gasteiger partial charge is 0.224 e. The molecule has 1 N–H and O–H groups in total. The van der Waals surface area contributed by atoms with Crippen molar-refractivity contribution >= 4 is 18.9 Å². The number of benzene rings is 2. The predicted octanol–water partition coefficient (Wildman–Crippen LogP) is 2.38. The average molecular weight is 313 g/mol. The SMILES string of the molecule is Bn1c(C#N)cc2cc(C3(Cc4ccccc4)CCNC3)ccc21. The molecule has 0 amide bonds. The molecule has 0 spiro atoms. The van der Waals surface area contributed by atoms with E-state index in [0.29, 0.717) is 5.69 Å². The third kappa shape index (κ3) is 2.42. The van der Waals surface area contributed by atoms with Gasteiger partial charge in [-0.05, 0) is 48.7 Å². The van der Waals surface area contributed by atoms with Crippen LogP contribution in [-0.2, 0) is 11.8 Å². The molecule has 0 aliphatic carbocycles. The number of fused-ring (bicyclic) bond motifs is 1. The lowest BCUT2D eigenvalue weighted by Crippen LogP contribution is -2.31. The number of aromatic nitrogens is 1. The average Bonchev–Trinajstić information content (AvgIpc) is 3.21. The van der Waals surface area contributed by atoms with Crippen LogP contribution in [0.5, 0.6) is 0 Å². The molecule has 118 valence electrons. The van der Waals surface area contributed by atoms with Crippen molar-refractivity contribution in [3.05, 3.63) is 71.4 Å². The highest BCUT2D eigenvalue weighted by Gasteiger charge is 2.35. The zero-order chi connectivity index (χ0) is 16.6. The summed E-state index contributed by atoms with van der Waals surface area (Å²) in [6, 6.07) is 21.7. The molecule has 2 aromatic carbocycles. The first-order chi connectivity index (χ1) is 11.7. The lowest BCUT2D eigenvalue weighted by Gasteiger charge is -2.29. The van der Waals surface area contributed by atoms with Gasteiger partial charge in [-0.3, -0.25) is 0 Å². The quantitative estimate of drug-likeness (QED) is 0.754. The third-order valence-corrected chi connectivity index (χ3v) is 5.40. The Morgan fingerprint density at radius 2 is 2.00 bits per heavy atom. The van der Waals surface area contributed by atoms with Crippen LogP contribution in [0.3, 0.4) is 0 Å². The molecule has 4 rings (SSSR count). The first kappa shape index (κ1) is 15.0. The van der Waals surface area contributed by atoms with Crippen LogP contribution in [0.25, 0.3) is 10.9 Å². The van der Waals surface area contributed by atoms with Crippen molar-refractivity contribution in [2.45, 2.75) is 18.3 Å². The second-order valence-electron chi connectivity index (χ2n) is 6.84. The van der Waals surface area contributed by atoms with Gasteiger partial charge in [0, 0.05) is 22.9 Å². The first-order valence-corrected chi connectivity index (χ1v) is 8.47. The summed E-state index contributed by atoms with van der Waals surface area (Å²) in [6.07, 6.45) is 2.19. The Morgan fingerprint density at radius 1 is 1.17 bits per heavy atom. The molecule has 0 bridgehead atoms. The Kier molecular flexibility index (Phi) is 3.67. The molecule has 1 saturated heterocycles. The van der Waals surface area contributed by atoms with Crippen molar-refractivity contribution in [1.82, 2.24) is 9.79 Å². The van der Waals surface area contributed by atoms with Crippen molar-refractivity contribution in [1.29, 1.82) is 5.26 Å². The molecule has 4 heteroatoms. The van der Waals surface area contributed by atoms with E-state index in [9.17, 15) is 5.26 Å². The van der Waals surface area contributed by atoms with Crippen molar-refractivity contribution in [2.75, 3.05) is 13.1 Å². The van der Waals surface area contributed by atoms with Crippen LogP contribution < -0.4 is 5.32 Å². The normalized spacial score (nSPS) is 20.3. The van der Waals surface area contributed by atoms with E-state index in [1.807, 2.05) is 18.5 Å². The summed E-state index contributed by atoms with van der Waals surface area (Å²) in [5.74, 6) is 0. The van der Waals surface area contributed by atoms with Crippen molar-refractivity contribution in [3.63, 3.8) is 0 Å². The van der Waals surface area contributed by atoms with Gasteiger partial charge in [0.05, 0.1) is 0 Å². The van der Waals surface area contributed by atoms with Gasteiger partial charge in [-0.2, -0.15) is 5.26 Å². The Morgan fingerprint density at radius 3 is 2.71 bits per heavy atom. The molecular formula is C20H20BN3.